The van der Waals surface area contributed by atoms with E-state index in [0.717, 1.165) is 49.5 Å². The monoisotopic (exact) mass is 384 g/mol. The first-order valence-corrected chi connectivity index (χ1v) is 10.7. The first-order chi connectivity index (χ1) is 13.2. The molecular formula is C22H28N2O2S. The highest BCUT2D eigenvalue weighted by Gasteiger charge is 2.37. The number of hydrogen-bond acceptors (Lipinski definition) is 4. The number of piperidine rings is 1. The summed E-state index contributed by atoms with van der Waals surface area (Å²) in [7, 11) is 1.76. The Morgan fingerprint density at radius 1 is 1.19 bits per heavy atom. The van der Waals surface area contributed by atoms with Crippen molar-refractivity contribution < 1.29 is 9.53 Å². The third-order valence-corrected chi connectivity index (χ3v) is 6.88. The summed E-state index contributed by atoms with van der Waals surface area (Å²) in [5.41, 5.74) is 3.12. The van der Waals surface area contributed by atoms with E-state index in [4.69, 9.17) is 4.74 Å². The predicted molar refractivity (Wildman–Crippen MR) is 110 cm³/mol. The lowest BCUT2D eigenvalue weighted by Crippen LogP contribution is -2.45. The molecule has 2 atom stereocenters. The highest BCUT2D eigenvalue weighted by Crippen LogP contribution is 2.35. The van der Waals surface area contributed by atoms with E-state index in [0.29, 0.717) is 12.0 Å². The quantitative estimate of drug-likeness (QED) is 0.784. The van der Waals surface area contributed by atoms with Crippen LogP contribution in [0, 0.1) is 12.8 Å². The highest BCUT2D eigenvalue weighted by molar-refractivity contribution is 7.10. The summed E-state index contributed by atoms with van der Waals surface area (Å²) in [6.45, 7) is 6.64. The van der Waals surface area contributed by atoms with Gasteiger partial charge in [-0.05, 0) is 31.2 Å². The van der Waals surface area contributed by atoms with Crippen molar-refractivity contribution in [2.45, 2.75) is 25.8 Å². The third-order valence-electron chi connectivity index (χ3n) is 5.96. The number of thiophene rings is 1. The van der Waals surface area contributed by atoms with Crippen LogP contribution in [0.25, 0.3) is 11.1 Å². The largest absolute Gasteiger partial charge is 0.383 e. The molecule has 2 aromatic rings. The van der Waals surface area contributed by atoms with E-state index in [1.165, 1.54) is 17.7 Å². The van der Waals surface area contributed by atoms with E-state index >= 15 is 0 Å². The summed E-state index contributed by atoms with van der Waals surface area (Å²) in [6.07, 6.45) is 2.42. The molecule has 1 aromatic carbocycles. The van der Waals surface area contributed by atoms with Crippen molar-refractivity contribution in [1.29, 1.82) is 0 Å². The molecule has 1 aromatic heterocycles. The predicted octanol–water partition coefficient (Wildman–Crippen LogP) is 3.91. The van der Waals surface area contributed by atoms with E-state index in [2.05, 4.69) is 34.2 Å². The maximum atomic E-state index is 13.5. The molecule has 5 heteroatoms. The molecule has 27 heavy (non-hydrogen) atoms. The molecule has 4 heterocycles. The van der Waals surface area contributed by atoms with Gasteiger partial charge in [0.25, 0.3) is 5.91 Å². The molecule has 3 saturated heterocycles. The van der Waals surface area contributed by atoms with Crippen molar-refractivity contribution >= 4 is 17.2 Å². The molecule has 0 spiro atoms. The van der Waals surface area contributed by atoms with Crippen LogP contribution in [0.3, 0.4) is 0 Å². The van der Waals surface area contributed by atoms with Crippen molar-refractivity contribution in [3.63, 3.8) is 0 Å². The molecule has 2 bridgehead atoms. The molecule has 3 aliphatic rings. The standard InChI is InChI=1S/C22H28N2O2S/c1-16-21(18-6-4-3-5-7-18)20(15-27-16)22(25)24-13-17-8-9-19(14-24)23(12-17)10-11-26-2/h3-7,15,17,19H,8-14H2,1-2H3/t17-,19-/m1/s1. The normalized spacial score (nSPS) is 22.8. The SMILES string of the molecule is COCCN1C[C@H]2CC[C@@H]1CN(C(=O)c1csc(C)c1-c1ccccc1)C2. The maximum absolute atomic E-state index is 13.5. The number of rotatable bonds is 5. The first kappa shape index (κ1) is 18.7. The Hall–Kier alpha value is -1.69. The minimum absolute atomic E-state index is 0.198. The van der Waals surface area contributed by atoms with Crippen LogP contribution >= 0.6 is 11.3 Å². The van der Waals surface area contributed by atoms with Crippen LogP contribution in [-0.4, -0.2) is 61.6 Å². The number of amides is 1. The molecule has 0 radical (unpaired) electrons. The van der Waals surface area contributed by atoms with Crippen LogP contribution in [-0.2, 0) is 4.74 Å². The Bertz CT molecular complexity index is 789. The Morgan fingerprint density at radius 3 is 2.78 bits per heavy atom. The van der Waals surface area contributed by atoms with Crippen molar-refractivity contribution in [3.8, 4) is 11.1 Å². The van der Waals surface area contributed by atoms with Gasteiger partial charge in [0.2, 0.25) is 0 Å². The fourth-order valence-electron chi connectivity index (χ4n) is 4.57. The number of benzene rings is 1. The summed E-state index contributed by atoms with van der Waals surface area (Å²) in [4.78, 5) is 19.3. The van der Waals surface area contributed by atoms with E-state index in [1.807, 2.05) is 18.2 Å². The van der Waals surface area contributed by atoms with Crippen molar-refractivity contribution in [3.05, 3.63) is 46.2 Å². The van der Waals surface area contributed by atoms with Crippen molar-refractivity contribution in [1.82, 2.24) is 9.80 Å². The first-order valence-electron chi connectivity index (χ1n) is 9.83. The molecule has 3 aliphatic heterocycles. The Balaban J connectivity index is 1.58. The fraction of sp³-hybridized carbons (Fsp3) is 0.500. The molecule has 0 unspecified atom stereocenters. The van der Waals surface area contributed by atoms with Gasteiger partial charge in [0.15, 0.2) is 0 Å². The fourth-order valence-corrected chi connectivity index (χ4v) is 5.43. The lowest BCUT2D eigenvalue weighted by molar-refractivity contribution is 0.0719. The van der Waals surface area contributed by atoms with Crippen LogP contribution < -0.4 is 0 Å². The zero-order valence-corrected chi connectivity index (χ0v) is 17.0. The Kier molecular flexibility index (Phi) is 5.62. The number of hydrogen-bond donors (Lipinski definition) is 0. The molecular weight excluding hydrogens is 356 g/mol. The smallest absolute Gasteiger partial charge is 0.255 e. The highest BCUT2D eigenvalue weighted by atomic mass is 32.1. The number of carbonyl (C=O) groups is 1. The molecule has 4 nitrogen and oxygen atoms in total. The molecule has 0 N–H and O–H groups in total. The van der Waals surface area contributed by atoms with Crippen LogP contribution in [0.2, 0.25) is 0 Å². The topological polar surface area (TPSA) is 32.8 Å². The van der Waals surface area contributed by atoms with E-state index < -0.39 is 0 Å². The van der Waals surface area contributed by atoms with E-state index in [9.17, 15) is 4.79 Å². The van der Waals surface area contributed by atoms with Gasteiger partial charge in [0.1, 0.15) is 0 Å². The maximum Gasteiger partial charge on any atom is 0.255 e. The van der Waals surface area contributed by atoms with Crippen LogP contribution in [0.15, 0.2) is 35.7 Å². The third kappa shape index (κ3) is 3.82. The molecule has 144 valence electrons. The Morgan fingerprint density at radius 2 is 2.00 bits per heavy atom. The van der Waals surface area contributed by atoms with Crippen LogP contribution in [0.5, 0.6) is 0 Å². The van der Waals surface area contributed by atoms with Crippen LogP contribution in [0.4, 0.5) is 0 Å². The number of fused-ring (bicyclic) bond motifs is 4. The number of aryl methyl sites for hydroxylation is 1. The second kappa shape index (κ2) is 8.13. The zero-order valence-electron chi connectivity index (χ0n) is 16.2. The Labute approximate surface area is 165 Å². The van der Waals surface area contributed by atoms with Gasteiger partial charge in [0.05, 0.1) is 12.2 Å². The van der Waals surface area contributed by atoms with Gasteiger partial charge >= 0.3 is 0 Å². The van der Waals surface area contributed by atoms with E-state index in [1.54, 1.807) is 18.4 Å². The van der Waals surface area contributed by atoms with Gasteiger partial charge < -0.3 is 9.64 Å². The summed E-state index contributed by atoms with van der Waals surface area (Å²) >= 11 is 1.68. The molecule has 0 aliphatic carbocycles. The summed E-state index contributed by atoms with van der Waals surface area (Å²) in [5.74, 6) is 0.771. The number of nitrogens with zero attached hydrogens (tertiary/aromatic N) is 2. The van der Waals surface area contributed by atoms with Gasteiger partial charge in [-0.2, -0.15) is 0 Å². The van der Waals surface area contributed by atoms with Gasteiger partial charge in [-0.25, -0.2) is 0 Å². The average Bonchev–Trinajstić information content (AvgIpc) is 2.87. The van der Waals surface area contributed by atoms with Gasteiger partial charge in [-0.3, -0.25) is 9.69 Å². The van der Waals surface area contributed by atoms with Crippen molar-refractivity contribution in [2.75, 3.05) is 39.9 Å². The van der Waals surface area contributed by atoms with Gasteiger partial charge in [-0.1, -0.05) is 30.3 Å². The average molecular weight is 385 g/mol. The zero-order chi connectivity index (χ0) is 18.8. The van der Waals surface area contributed by atoms with Gasteiger partial charge in [-0.15, -0.1) is 11.3 Å². The summed E-state index contributed by atoms with van der Waals surface area (Å²) < 4.78 is 5.28. The molecule has 3 fully saturated rings. The lowest BCUT2D eigenvalue weighted by atomic mass is 9.95. The number of methoxy groups -OCH3 is 1. The molecule has 0 saturated carbocycles. The molecule has 5 rings (SSSR count). The van der Waals surface area contributed by atoms with Crippen molar-refractivity contribution in [2.24, 2.45) is 5.92 Å². The minimum Gasteiger partial charge on any atom is -0.383 e. The summed E-state index contributed by atoms with van der Waals surface area (Å²) in [5, 5.41) is 2.05. The summed E-state index contributed by atoms with van der Waals surface area (Å²) in [6, 6.07) is 10.8. The molecule has 1 amide bonds. The number of carbonyl (C=O) groups excluding carboxylic acids is 1. The minimum atomic E-state index is 0.198. The van der Waals surface area contributed by atoms with E-state index in [-0.39, 0.29) is 5.91 Å². The lowest BCUT2D eigenvalue weighted by Gasteiger charge is -2.35. The second-order valence-electron chi connectivity index (χ2n) is 7.74. The second-order valence-corrected chi connectivity index (χ2v) is 8.83. The number of ether oxygens (including phenoxy) is 1. The van der Waals surface area contributed by atoms with Crippen LogP contribution in [0.1, 0.15) is 28.1 Å². The van der Waals surface area contributed by atoms with Gasteiger partial charge in [0, 0.05) is 55.2 Å².